The molecule has 2 heterocycles. The van der Waals surface area contributed by atoms with Gasteiger partial charge in [-0.1, -0.05) is 24.4 Å². The van der Waals surface area contributed by atoms with Gasteiger partial charge >= 0.3 is 12.1 Å². The summed E-state index contributed by atoms with van der Waals surface area (Å²) in [5, 5.41) is 0. The summed E-state index contributed by atoms with van der Waals surface area (Å²) in [7, 11) is -1.95. The minimum Gasteiger partial charge on any atom is -0.318 e. The van der Waals surface area contributed by atoms with Crippen molar-refractivity contribution in [2.24, 2.45) is 0 Å². The van der Waals surface area contributed by atoms with Crippen LogP contribution in [0.1, 0.15) is 73.6 Å². The molecule has 0 saturated carbocycles. The number of urea groups is 2. The van der Waals surface area contributed by atoms with E-state index in [1.165, 1.54) is 0 Å². The van der Waals surface area contributed by atoms with Crippen LogP contribution in [0.25, 0.3) is 0 Å². The third-order valence-electron chi connectivity index (χ3n) is 7.11. The third-order valence-corrected chi connectivity index (χ3v) is 10.7. The summed E-state index contributed by atoms with van der Waals surface area (Å²) in [4.78, 5) is 33.4. The van der Waals surface area contributed by atoms with E-state index in [0.717, 1.165) is 25.7 Å². The summed E-state index contributed by atoms with van der Waals surface area (Å²) in [5.74, 6) is 2.20. The Hall–Kier alpha value is -0.980. The van der Waals surface area contributed by atoms with Gasteiger partial charge in [-0.15, -0.1) is 0 Å². The molecule has 12 heteroatoms. The normalized spacial score (nSPS) is 19.0. The molecule has 2 saturated heterocycles. The molecule has 2 aliphatic heterocycles. The van der Waals surface area contributed by atoms with Crippen molar-refractivity contribution in [3.05, 3.63) is 0 Å². The molecule has 4 amide bonds. The number of hydrogen-bond donors (Lipinski definition) is 0. The first kappa shape index (κ1) is 32.2. The van der Waals surface area contributed by atoms with Crippen LogP contribution in [0.15, 0.2) is 0 Å². The fourth-order valence-corrected chi connectivity index (χ4v) is 8.35. The van der Waals surface area contributed by atoms with Crippen LogP contribution in [0.5, 0.6) is 0 Å². The lowest BCUT2D eigenvalue weighted by molar-refractivity contribution is 0.164. The molecule has 0 bridgehead atoms. The van der Waals surface area contributed by atoms with E-state index in [2.05, 4.69) is 0 Å². The Morgan fingerprint density at radius 1 is 0.676 bits per heavy atom. The summed E-state index contributed by atoms with van der Waals surface area (Å²) in [6.07, 6.45) is 3.59. The van der Waals surface area contributed by atoms with Crippen molar-refractivity contribution < 1.29 is 18.0 Å². The Morgan fingerprint density at radius 3 is 1.30 bits per heavy atom. The van der Waals surface area contributed by atoms with Crippen molar-refractivity contribution in [2.75, 3.05) is 49.2 Å². The standard InChI is InChI=1S/C25H44N4O4S4/c1-7-26-18-20(34)28(22(26)30)24(3,4)12-9-14-36(32)16-11-17-37(33)15-10-13-25(5,6)29-21(35)19-27(8-2)23(29)31/h7-19H2,1-6H3. The maximum Gasteiger partial charge on any atom is 0.325 e. The van der Waals surface area contributed by atoms with Crippen LogP contribution >= 0.6 is 24.4 Å². The Labute approximate surface area is 238 Å². The molecule has 0 aromatic carbocycles. The molecule has 212 valence electrons. The summed E-state index contributed by atoms with van der Waals surface area (Å²) < 4.78 is 25.0. The van der Waals surface area contributed by atoms with E-state index in [1.807, 2.05) is 41.5 Å². The predicted octanol–water partition coefficient (Wildman–Crippen LogP) is 4.16. The van der Waals surface area contributed by atoms with Gasteiger partial charge in [-0.2, -0.15) is 0 Å². The Morgan fingerprint density at radius 2 is 1.00 bits per heavy atom. The van der Waals surface area contributed by atoms with Crippen LogP contribution in [-0.4, -0.2) is 110 Å². The molecule has 0 N–H and O–H groups in total. The van der Waals surface area contributed by atoms with Gasteiger partial charge < -0.3 is 9.80 Å². The summed E-state index contributed by atoms with van der Waals surface area (Å²) in [5.41, 5.74) is -0.814. The van der Waals surface area contributed by atoms with E-state index < -0.39 is 32.7 Å². The van der Waals surface area contributed by atoms with Crippen LogP contribution in [0.2, 0.25) is 0 Å². The molecule has 2 rings (SSSR count). The second-order valence-electron chi connectivity index (χ2n) is 10.9. The number of carbonyl (C=O) groups excluding carboxylic acids is 2. The molecule has 0 aliphatic carbocycles. The van der Waals surface area contributed by atoms with Gasteiger partial charge in [0.15, 0.2) is 0 Å². The van der Waals surface area contributed by atoms with Gasteiger partial charge in [0.2, 0.25) is 0 Å². The lowest BCUT2D eigenvalue weighted by Gasteiger charge is -2.35. The van der Waals surface area contributed by atoms with Crippen molar-refractivity contribution in [3.8, 4) is 0 Å². The van der Waals surface area contributed by atoms with E-state index in [0.29, 0.717) is 65.6 Å². The zero-order valence-electron chi connectivity index (χ0n) is 23.2. The fourth-order valence-electron chi connectivity index (χ4n) is 4.93. The zero-order chi connectivity index (χ0) is 28.0. The van der Waals surface area contributed by atoms with Crippen molar-refractivity contribution in [1.82, 2.24) is 19.6 Å². The minimum atomic E-state index is -0.977. The van der Waals surface area contributed by atoms with Crippen molar-refractivity contribution in [1.29, 1.82) is 0 Å². The Balaban J connectivity index is 1.65. The van der Waals surface area contributed by atoms with Gasteiger partial charge in [-0.05, 0) is 73.6 Å². The highest BCUT2D eigenvalue weighted by Gasteiger charge is 2.42. The first-order chi connectivity index (χ1) is 17.2. The quantitative estimate of drug-likeness (QED) is 0.251. The fraction of sp³-hybridized carbons (Fsp3) is 0.840. The van der Waals surface area contributed by atoms with Crippen LogP contribution < -0.4 is 0 Å². The smallest absolute Gasteiger partial charge is 0.318 e. The SMILES string of the molecule is CCN1CC(=S)N(C(C)(C)CCCS(=O)CCCS(=O)CCCC(C)(C)N2C(=O)N(CC)CC2=S)C1=O. The average molecular weight is 593 g/mol. The molecule has 2 aliphatic rings. The maximum atomic E-state index is 12.6. The number of rotatable bonds is 16. The molecule has 0 spiro atoms. The first-order valence-corrected chi connectivity index (χ1v) is 17.0. The van der Waals surface area contributed by atoms with Crippen LogP contribution in [-0.2, 0) is 21.6 Å². The molecule has 2 atom stereocenters. The monoisotopic (exact) mass is 592 g/mol. The lowest BCUT2D eigenvalue weighted by atomic mass is 9.97. The molecule has 0 radical (unpaired) electrons. The van der Waals surface area contributed by atoms with E-state index in [-0.39, 0.29) is 12.1 Å². The highest BCUT2D eigenvalue weighted by atomic mass is 32.2. The number of amides is 4. The van der Waals surface area contributed by atoms with Crippen molar-refractivity contribution in [2.45, 2.75) is 84.7 Å². The summed E-state index contributed by atoms with van der Waals surface area (Å²) >= 11 is 10.9. The number of nitrogens with zero attached hydrogens (tertiary/aromatic N) is 4. The number of hydrogen-bond acceptors (Lipinski definition) is 6. The van der Waals surface area contributed by atoms with Gasteiger partial charge in [0.25, 0.3) is 0 Å². The second kappa shape index (κ2) is 13.9. The van der Waals surface area contributed by atoms with E-state index >= 15 is 0 Å². The molecule has 0 aromatic heterocycles. The van der Waals surface area contributed by atoms with Crippen LogP contribution in [0.4, 0.5) is 9.59 Å². The Kier molecular flexibility index (Phi) is 12.1. The molecular formula is C25H44N4O4S4. The number of thiocarbonyl (C=S) groups is 2. The van der Waals surface area contributed by atoms with Crippen LogP contribution in [0.3, 0.4) is 0 Å². The lowest BCUT2D eigenvalue weighted by Crippen LogP contribution is -2.48. The van der Waals surface area contributed by atoms with Gasteiger partial charge in [-0.3, -0.25) is 18.2 Å². The van der Waals surface area contributed by atoms with Gasteiger partial charge in [0.1, 0.15) is 9.98 Å². The largest absolute Gasteiger partial charge is 0.325 e. The van der Waals surface area contributed by atoms with Gasteiger partial charge in [0, 0.05) is 68.8 Å². The van der Waals surface area contributed by atoms with Crippen molar-refractivity contribution >= 4 is 68.1 Å². The minimum absolute atomic E-state index is 0.0397. The second-order valence-corrected chi connectivity index (χ2v) is 15.3. The molecule has 0 aromatic rings. The number of carbonyl (C=O) groups is 2. The predicted molar refractivity (Wildman–Crippen MR) is 161 cm³/mol. The molecule has 2 fully saturated rings. The number of likely N-dealkylation sites (N-methyl/N-ethyl adjacent to an activating group) is 2. The van der Waals surface area contributed by atoms with E-state index in [1.54, 1.807) is 19.6 Å². The molecular weight excluding hydrogens is 549 g/mol. The summed E-state index contributed by atoms with van der Waals surface area (Å²) in [6.45, 7) is 14.2. The first-order valence-electron chi connectivity index (χ1n) is 13.2. The van der Waals surface area contributed by atoms with E-state index in [9.17, 15) is 18.0 Å². The van der Waals surface area contributed by atoms with Gasteiger partial charge in [0.05, 0.1) is 13.1 Å². The molecule has 2 unspecified atom stereocenters. The zero-order valence-corrected chi connectivity index (χ0v) is 26.5. The highest BCUT2D eigenvalue weighted by Crippen LogP contribution is 2.28. The Bertz CT molecular complexity index is 852. The molecule has 37 heavy (non-hydrogen) atoms. The van der Waals surface area contributed by atoms with E-state index in [4.69, 9.17) is 24.4 Å². The topological polar surface area (TPSA) is 81.2 Å². The van der Waals surface area contributed by atoms with Crippen LogP contribution in [0, 0.1) is 0 Å². The average Bonchev–Trinajstić information content (AvgIpc) is 3.27. The molecule has 8 nitrogen and oxygen atoms in total. The van der Waals surface area contributed by atoms with Gasteiger partial charge in [-0.25, -0.2) is 9.59 Å². The third kappa shape index (κ3) is 8.50. The summed E-state index contributed by atoms with van der Waals surface area (Å²) in [6, 6.07) is -0.0793. The highest BCUT2D eigenvalue weighted by molar-refractivity contribution is 7.85. The van der Waals surface area contributed by atoms with Crippen molar-refractivity contribution in [3.63, 3.8) is 0 Å². The maximum absolute atomic E-state index is 12.6.